The molecule has 0 bridgehead atoms. The van der Waals surface area contributed by atoms with Gasteiger partial charge in [0.1, 0.15) is 6.29 Å². The van der Waals surface area contributed by atoms with Crippen LogP contribution in [-0.4, -0.2) is 13.3 Å². The summed E-state index contributed by atoms with van der Waals surface area (Å²) in [5.41, 5.74) is 0. The molecular weight excluding hydrogens is 182 g/mol. The lowest BCUT2D eigenvalue weighted by Gasteiger charge is -2.03. The number of carbonyl (C=O) groups is 1. The zero-order valence-corrected chi connectivity index (χ0v) is 7.74. The van der Waals surface area contributed by atoms with Gasteiger partial charge in [0.15, 0.2) is 0 Å². The third-order valence-electron chi connectivity index (χ3n) is 1.30. The maximum atomic E-state index is 10.4. The molecule has 1 heterocycles. The molecule has 0 spiro atoms. The molecule has 1 unspecified atom stereocenters. The fourth-order valence-electron chi connectivity index (χ4n) is 0.746. The Morgan fingerprint density at radius 2 is 2.45 bits per heavy atom. The second kappa shape index (κ2) is 5.29. The third kappa shape index (κ3) is 2.61. The average Bonchev–Trinajstić information content (AvgIpc) is 2.43. The number of hydrogen-bond donors (Lipinski definition) is 1. The second-order valence-electron chi connectivity index (χ2n) is 1.92. The topological polar surface area (TPSA) is 29.1 Å². The van der Waals surface area contributed by atoms with E-state index in [0.29, 0.717) is 0 Å². The molecule has 0 radical (unpaired) electrons. The first kappa shape index (κ1) is 10.6. The lowest BCUT2D eigenvalue weighted by Crippen LogP contribution is -2.15. The smallest absolute Gasteiger partial charge is 0.142 e. The Morgan fingerprint density at radius 1 is 1.73 bits per heavy atom. The van der Waals surface area contributed by atoms with Crippen molar-refractivity contribution in [3.05, 3.63) is 22.4 Å². The van der Waals surface area contributed by atoms with E-state index in [9.17, 15) is 4.79 Å². The fraction of sp³-hybridized carbons (Fsp3) is 0.286. The van der Waals surface area contributed by atoms with Crippen LogP contribution in [-0.2, 0) is 4.79 Å². The highest BCUT2D eigenvalue weighted by Crippen LogP contribution is 2.15. The summed E-state index contributed by atoms with van der Waals surface area (Å²) < 4.78 is 0. The number of rotatable bonds is 3. The van der Waals surface area contributed by atoms with Crippen molar-refractivity contribution in [2.75, 3.05) is 7.05 Å². The number of aldehydes is 1. The van der Waals surface area contributed by atoms with E-state index in [1.165, 1.54) is 0 Å². The maximum absolute atomic E-state index is 10.4. The lowest BCUT2D eigenvalue weighted by molar-refractivity contribution is -0.109. The first-order chi connectivity index (χ1) is 4.88. The van der Waals surface area contributed by atoms with E-state index in [1.807, 2.05) is 17.5 Å². The van der Waals surface area contributed by atoms with Gasteiger partial charge in [0.05, 0.1) is 6.04 Å². The Bertz CT molecular complexity index is 200. The van der Waals surface area contributed by atoms with Gasteiger partial charge in [-0.3, -0.25) is 0 Å². The highest BCUT2D eigenvalue weighted by molar-refractivity contribution is 7.10. The van der Waals surface area contributed by atoms with Crippen LogP contribution in [0, 0.1) is 0 Å². The first-order valence-electron chi connectivity index (χ1n) is 3.04. The van der Waals surface area contributed by atoms with Gasteiger partial charge in [-0.25, -0.2) is 0 Å². The number of likely N-dealkylation sites (N-methyl/N-ethyl adjacent to an activating group) is 1. The normalized spacial score (nSPS) is 11.7. The average molecular weight is 192 g/mol. The SMILES string of the molecule is CNC(C=O)c1cccs1.Cl. The van der Waals surface area contributed by atoms with Crippen molar-refractivity contribution in [3.63, 3.8) is 0 Å². The molecule has 0 amide bonds. The second-order valence-corrected chi connectivity index (χ2v) is 2.90. The van der Waals surface area contributed by atoms with Crippen LogP contribution in [0.4, 0.5) is 0 Å². The van der Waals surface area contributed by atoms with Crippen LogP contribution in [0.15, 0.2) is 17.5 Å². The summed E-state index contributed by atoms with van der Waals surface area (Å²) in [4.78, 5) is 11.4. The van der Waals surface area contributed by atoms with Gasteiger partial charge < -0.3 is 10.1 Å². The van der Waals surface area contributed by atoms with Crippen molar-refractivity contribution < 1.29 is 4.79 Å². The van der Waals surface area contributed by atoms with Crippen LogP contribution in [0.5, 0.6) is 0 Å². The Morgan fingerprint density at radius 3 is 2.82 bits per heavy atom. The van der Waals surface area contributed by atoms with E-state index in [-0.39, 0.29) is 18.4 Å². The molecule has 1 rings (SSSR count). The van der Waals surface area contributed by atoms with Gasteiger partial charge in [0.2, 0.25) is 0 Å². The number of thiophene rings is 1. The largest absolute Gasteiger partial charge is 0.306 e. The lowest BCUT2D eigenvalue weighted by atomic mass is 10.3. The van der Waals surface area contributed by atoms with Crippen molar-refractivity contribution in [2.24, 2.45) is 0 Å². The van der Waals surface area contributed by atoms with Gasteiger partial charge in [0, 0.05) is 4.88 Å². The fourth-order valence-corrected chi connectivity index (χ4v) is 1.54. The molecule has 0 saturated carbocycles. The van der Waals surface area contributed by atoms with Gasteiger partial charge in [-0.1, -0.05) is 6.07 Å². The summed E-state index contributed by atoms with van der Waals surface area (Å²) in [6.45, 7) is 0. The van der Waals surface area contributed by atoms with Crippen molar-refractivity contribution in [3.8, 4) is 0 Å². The summed E-state index contributed by atoms with van der Waals surface area (Å²) in [5, 5.41) is 4.86. The molecule has 0 aliphatic carbocycles. The predicted molar refractivity (Wildman–Crippen MR) is 49.4 cm³/mol. The van der Waals surface area contributed by atoms with Gasteiger partial charge >= 0.3 is 0 Å². The number of nitrogens with one attached hydrogen (secondary N) is 1. The summed E-state index contributed by atoms with van der Waals surface area (Å²) in [5.74, 6) is 0. The van der Waals surface area contributed by atoms with Crippen molar-refractivity contribution in [2.45, 2.75) is 6.04 Å². The Labute approximate surface area is 76.0 Å². The molecule has 1 aromatic rings. The first-order valence-corrected chi connectivity index (χ1v) is 3.92. The number of hydrogen-bond acceptors (Lipinski definition) is 3. The molecule has 0 aromatic carbocycles. The molecule has 4 heteroatoms. The van der Waals surface area contributed by atoms with Gasteiger partial charge in [0.25, 0.3) is 0 Å². The molecular formula is C7H10ClNOS. The van der Waals surface area contributed by atoms with Gasteiger partial charge in [-0.15, -0.1) is 23.7 Å². The predicted octanol–water partition coefficient (Wildman–Crippen LogP) is 1.63. The molecule has 1 atom stereocenters. The summed E-state index contributed by atoms with van der Waals surface area (Å²) in [6.07, 6.45) is 0.909. The van der Waals surface area contributed by atoms with Crippen LogP contribution in [0.25, 0.3) is 0 Å². The Balaban J connectivity index is 0.000001000. The quantitative estimate of drug-likeness (QED) is 0.736. The van der Waals surface area contributed by atoms with Crippen LogP contribution < -0.4 is 5.32 Å². The van der Waals surface area contributed by atoms with E-state index in [2.05, 4.69) is 5.32 Å². The molecule has 62 valence electrons. The molecule has 0 aliphatic rings. The summed E-state index contributed by atoms with van der Waals surface area (Å²) in [6, 6.07) is 3.76. The minimum atomic E-state index is -0.125. The van der Waals surface area contributed by atoms with Crippen molar-refractivity contribution in [1.29, 1.82) is 0 Å². The molecule has 1 aromatic heterocycles. The standard InChI is InChI=1S/C7H9NOS.ClH/c1-8-6(5-9)7-3-2-4-10-7;/h2-6,8H,1H3;1H. The molecule has 2 nitrogen and oxygen atoms in total. The molecule has 0 saturated heterocycles. The molecule has 11 heavy (non-hydrogen) atoms. The van der Waals surface area contributed by atoms with Crippen LogP contribution in [0.1, 0.15) is 10.9 Å². The third-order valence-corrected chi connectivity index (χ3v) is 2.25. The van der Waals surface area contributed by atoms with Gasteiger partial charge in [-0.2, -0.15) is 0 Å². The highest BCUT2D eigenvalue weighted by Gasteiger charge is 2.06. The van der Waals surface area contributed by atoms with E-state index >= 15 is 0 Å². The van der Waals surface area contributed by atoms with E-state index in [0.717, 1.165) is 11.2 Å². The minimum Gasteiger partial charge on any atom is -0.306 e. The minimum absolute atomic E-state index is 0. The Hall–Kier alpha value is -0.380. The van der Waals surface area contributed by atoms with E-state index < -0.39 is 0 Å². The summed E-state index contributed by atoms with van der Waals surface area (Å²) >= 11 is 1.59. The maximum Gasteiger partial charge on any atom is 0.142 e. The van der Waals surface area contributed by atoms with Crippen molar-refractivity contribution >= 4 is 30.0 Å². The highest BCUT2D eigenvalue weighted by atomic mass is 35.5. The Kier molecular flexibility index (Phi) is 5.11. The van der Waals surface area contributed by atoms with Crippen LogP contribution in [0.3, 0.4) is 0 Å². The van der Waals surface area contributed by atoms with Crippen molar-refractivity contribution in [1.82, 2.24) is 5.32 Å². The van der Waals surface area contributed by atoms with Crippen LogP contribution >= 0.6 is 23.7 Å². The zero-order chi connectivity index (χ0) is 7.40. The summed E-state index contributed by atoms with van der Waals surface area (Å²) in [7, 11) is 1.78. The number of halogens is 1. The number of carbonyl (C=O) groups excluding carboxylic acids is 1. The van der Waals surface area contributed by atoms with E-state index in [1.54, 1.807) is 18.4 Å². The zero-order valence-electron chi connectivity index (χ0n) is 6.11. The molecule has 0 aliphatic heterocycles. The molecule has 1 N–H and O–H groups in total. The monoisotopic (exact) mass is 191 g/mol. The van der Waals surface area contributed by atoms with Crippen LogP contribution in [0.2, 0.25) is 0 Å². The molecule has 0 fully saturated rings. The van der Waals surface area contributed by atoms with E-state index in [4.69, 9.17) is 0 Å². The van der Waals surface area contributed by atoms with Gasteiger partial charge in [-0.05, 0) is 18.5 Å².